The van der Waals surface area contributed by atoms with Gasteiger partial charge in [-0.05, 0) is 57.2 Å². The first-order chi connectivity index (χ1) is 23.6. The Morgan fingerprint density at radius 1 is 0.980 bits per heavy atom. The molecule has 49 heavy (non-hydrogen) atoms. The van der Waals surface area contributed by atoms with Crippen LogP contribution in [0.5, 0.6) is 5.75 Å². The number of nitrogens with one attached hydrogen (secondary N) is 4. The van der Waals surface area contributed by atoms with Gasteiger partial charge in [-0.25, -0.2) is 5.43 Å². The molecule has 0 spiro atoms. The molecule has 274 valence electrons. The number of hydrogen-bond donors (Lipinski definition) is 6. The number of carbonyl (C=O) groups excluding carboxylic acids is 2. The number of benzene rings is 1. The molecule has 0 saturated heterocycles. The van der Waals surface area contributed by atoms with Crippen LogP contribution in [0.1, 0.15) is 71.3 Å². The van der Waals surface area contributed by atoms with E-state index in [0.717, 1.165) is 24.2 Å². The average Bonchev–Trinajstić information content (AvgIpc) is 3.12. The number of amides is 2. The van der Waals surface area contributed by atoms with Crippen molar-refractivity contribution in [2.24, 2.45) is 0 Å². The van der Waals surface area contributed by atoms with E-state index in [-0.39, 0.29) is 24.8 Å². The number of pyridine rings is 1. The summed E-state index contributed by atoms with van der Waals surface area (Å²) >= 11 is 0. The summed E-state index contributed by atoms with van der Waals surface area (Å²) in [6, 6.07) is 13.0. The number of nitrogens with zero attached hydrogens (tertiary/aromatic N) is 2. The molecule has 0 aliphatic heterocycles. The third-order valence-corrected chi connectivity index (χ3v) is 5.89. The molecule has 0 atom stereocenters. The third-order valence-electron chi connectivity index (χ3n) is 5.89. The molecule has 2 amide bonds. The van der Waals surface area contributed by atoms with Crippen LogP contribution < -0.4 is 21.5 Å². The lowest BCUT2D eigenvalue weighted by molar-refractivity contribution is -0.131. The Morgan fingerprint density at radius 2 is 1.61 bits per heavy atom. The number of aryl methyl sites for hydroxylation is 2. The number of carbonyl (C=O) groups is 3. The lowest BCUT2D eigenvalue weighted by Gasteiger charge is -2.23. The summed E-state index contributed by atoms with van der Waals surface area (Å²) < 4.78 is 0. The largest absolute Gasteiger partial charge is 0.508 e. The quantitative estimate of drug-likeness (QED) is 0.0397. The molecule has 6 N–H and O–H groups in total. The van der Waals surface area contributed by atoms with Gasteiger partial charge in [0, 0.05) is 38.3 Å². The zero-order valence-electron chi connectivity index (χ0n) is 30.8. The van der Waals surface area contributed by atoms with Crippen molar-refractivity contribution in [3.63, 3.8) is 0 Å². The molecule has 11 heteroatoms. The fraction of sp³-hybridized carbons (Fsp3) is 0.421. The molecule has 0 saturated carbocycles. The molecule has 11 nitrogen and oxygen atoms in total. The number of rotatable bonds is 17. The fourth-order valence-corrected chi connectivity index (χ4v) is 3.33. The molecule has 2 rings (SSSR count). The smallest absolute Gasteiger partial charge is 0.290 e. The van der Waals surface area contributed by atoms with Crippen LogP contribution in [-0.2, 0) is 27.3 Å². The number of aromatic hydroxyl groups is 1. The number of carboxylic acid groups (broad SMARTS) is 1. The van der Waals surface area contributed by atoms with Crippen LogP contribution in [0.25, 0.3) is 0 Å². The second-order valence-electron chi connectivity index (χ2n) is 9.89. The van der Waals surface area contributed by atoms with Crippen LogP contribution >= 0.6 is 0 Å². The molecule has 1 aromatic heterocycles. The zero-order valence-corrected chi connectivity index (χ0v) is 30.8. The van der Waals surface area contributed by atoms with Crippen LogP contribution in [-0.4, -0.2) is 71.1 Å². The van der Waals surface area contributed by atoms with E-state index >= 15 is 0 Å². The average molecular weight is 683 g/mol. The van der Waals surface area contributed by atoms with Crippen molar-refractivity contribution in [2.75, 3.05) is 32.7 Å². The maximum absolute atomic E-state index is 12.4. The molecule has 0 radical (unpaired) electrons. The van der Waals surface area contributed by atoms with Crippen molar-refractivity contribution in [1.82, 2.24) is 31.4 Å². The van der Waals surface area contributed by atoms with Crippen molar-refractivity contribution in [3.8, 4) is 5.75 Å². The SMILES string of the molecule is C=CCNNCC(=O)N(CCNC=C)Cc1cccc(CC)n1.CC.CC/C=C\C=C(/C)CNC(=O)CC.Cc1ccc(O)cc1.O=CO. The van der Waals surface area contributed by atoms with Gasteiger partial charge in [-0.15, -0.1) is 6.58 Å². The van der Waals surface area contributed by atoms with Crippen LogP contribution in [0, 0.1) is 6.92 Å². The van der Waals surface area contributed by atoms with Crippen LogP contribution in [0.3, 0.4) is 0 Å². The Bertz CT molecular complexity index is 1180. The molecule has 0 unspecified atom stereocenters. The first-order valence-corrected chi connectivity index (χ1v) is 16.7. The predicted octanol–water partition coefficient (Wildman–Crippen LogP) is 5.84. The van der Waals surface area contributed by atoms with Gasteiger partial charge in [-0.1, -0.05) is 94.8 Å². The maximum atomic E-state index is 12.4. The minimum absolute atomic E-state index is 0.0103. The summed E-state index contributed by atoms with van der Waals surface area (Å²) in [4.78, 5) is 38.0. The Kier molecular flexibility index (Phi) is 35.8. The molecule has 0 aliphatic carbocycles. The first kappa shape index (κ1) is 48.7. The van der Waals surface area contributed by atoms with E-state index in [1.54, 1.807) is 29.3 Å². The maximum Gasteiger partial charge on any atom is 0.290 e. The van der Waals surface area contributed by atoms with Gasteiger partial charge < -0.3 is 25.7 Å². The Labute approximate surface area is 295 Å². The van der Waals surface area contributed by atoms with Crippen molar-refractivity contribution in [2.45, 2.75) is 74.3 Å². The van der Waals surface area contributed by atoms with Crippen molar-refractivity contribution in [1.29, 1.82) is 0 Å². The summed E-state index contributed by atoms with van der Waals surface area (Å²) in [5, 5.41) is 21.5. The molecule has 0 bridgehead atoms. The standard InChI is InChI=1S/C17H27N5O.C11H19NO.C7H8O.C2H6.CH2O2/c1-4-10-19-20-13-17(23)22(12-11-18-6-3)14-16-9-7-8-15(5-2)21-16;1-4-6-7-8-10(3)9-12-11(13)5-2;1-6-2-4-7(8)5-3-6;1-2;2-1-3/h4,6-9,18-20H,1,3,5,10-14H2,2H3;6-8H,4-5,9H2,1-3H3,(H,12,13);2-5,8H,1H3;1-2H3;1H,(H,2,3)/b;7-6-,10-8+;;;. The van der Waals surface area contributed by atoms with E-state index in [0.29, 0.717) is 44.9 Å². The number of hydrogen-bond acceptors (Lipinski definition) is 8. The Balaban J connectivity index is -0.000000680. The number of allylic oxidation sites excluding steroid dienone is 3. The first-order valence-electron chi connectivity index (χ1n) is 16.7. The molecule has 0 aliphatic rings. The van der Waals surface area contributed by atoms with E-state index in [2.05, 4.69) is 59.6 Å². The van der Waals surface area contributed by atoms with Gasteiger partial charge in [-0.3, -0.25) is 24.8 Å². The summed E-state index contributed by atoms with van der Waals surface area (Å²) in [6.07, 6.45) is 12.0. The minimum atomic E-state index is -0.250. The Morgan fingerprint density at radius 3 is 2.14 bits per heavy atom. The lowest BCUT2D eigenvalue weighted by atomic mass is 10.2. The van der Waals surface area contributed by atoms with Gasteiger partial charge >= 0.3 is 0 Å². The van der Waals surface area contributed by atoms with E-state index < -0.39 is 0 Å². The summed E-state index contributed by atoms with van der Waals surface area (Å²) in [5.41, 5.74) is 10.1. The number of phenols is 1. The van der Waals surface area contributed by atoms with Crippen molar-refractivity contribution < 1.29 is 24.6 Å². The van der Waals surface area contributed by atoms with E-state index in [9.17, 15) is 9.59 Å². The van der Waals surface area contributed by atoms with Crippen molar-refractivity contribution >= 4 is 18.3 Å². The predicted molar refractivity (Wildman–Crippen MR) is 203 cm³/mol. The molecule has 0 fully saturated rings. The minimum Gasteiger partial charge on any atom is -0.508 e. The fourth-order valence-electron chi connectivity index (χ4n) is 3.33. The Hall–Kier alpha value is -4.74. The zero-order chi connectivity index (χ0) is 37.7. The highest BCUT2D eigenvalue weighted by atomic mass is 16.3. The van der Waals surface area contributed by atoms with E-state index in [1.807, 2.05) is 77.1 Å². The second kappa shape index (κ2) is 36.1. The number of aromatic nitrogens is 1. The third kappa shape index (κ3) is 31.6. The van der Waals surface area contributed by atoms with Gasteiger partial charge in [0.2, 0.25) is 11.8 Å². The number of hydrazine groups is 1. The molecular formula is C38H62N6O5. The van der Waals surface area contributed by atoms with Crippen LogP contribution in [0.4, 0.5) is 0 Å². The van der Waals surface area contributed by atoms with Gasteiger partial charge in [-0.2, -0.15) is 0 Å². The monoisotopic (exact) mass is 682 g/mol. The highest BCUT2D eigenvalue weighted by Gasteiger charge is 2.14. The van der Waals surface area contributed by atoms with Gasteiger partial charge in [0.05, 0.1) is 18.8 Å². The summed E-state index contributed by atoms with van der Waals surface area (Å²) in [6.45, 7) is 24.2. The summed E-state index contributed by atoms with van der Waals surface area (Å²) in [7, 11) is 0. The van der Waals surface area contributed by atoms with Crippen molar-refractivity contribution in [3.05, 3.63) is 109 Å². The normalized spacial score (nSPS) is 9.82. The number of phenolic OH excluding ortho intramolecular Hbond substituents is 1. The highest BCUT2D eigenvalue weighted by molar-refractivity contribution is 5.78. The second-order valence-corrected chi connectivity index (χ2v) is 9.89. The topological polar surface area (TPSA) is 156 Å². The molecule has 2 aromatic rings. The van der Waals surface area contributed by atoms with Gasteiger partial charge in [0.1, 0.15) is 5.75 Å². The van der Waals surface area contributed by atoms with Crippen LogP contribution in [0.2, 0.25) is 0 Å². The van der Waals surface area contributed by atoms with Crippen LogP contribution in [0.15, 0.2) is 91.7 Å². The molecule has 1 heterocycles. The summed E-state index contributed by atoms with van der Waals surface area (Å²) in [5.74, 6) is 0.443. The van der Waals surface area contributed by atoms with E-state index in [4.69, 9.17) is 15.0 Å². The van der Waals surface area contributed by atoms with Gasteiger partial charge in [0.25, 0.3) is 6.47 Å². The highest BCUT2D eigenvalue weighted by Crippen LogP contribution is 2.07. The molecular weight excluding hydrogens is 620 g/mol. The molecule has 1 aromatic carbocycles. The van der Waals surface area contributed by atoms with Gasteiger partial charge in [0.15, 0.2) is 0 Å². The van der Waals surface area contributed by atoms with E-state index in [1.165, 1.54) is 11.1 Å². The lowest BCUT2D eigenvalue weighted by Crippen LogP contribution is -2.44.